The van der Waals surface area contributed by atoms with Crippen LogP contribution in [-0.2, 0) is 11.3 Å². The molecule has 22 heavy (non-hydrogen) atoms. The van der Waals surface area contributed by atoms with Gasteiger partial charge in [0.15, 0.2) is 0 Å². The number of carbonyl (C=O) groups excluding carboxylic acids is 2. The summed E-state index contributed by atoms with van der Waals surface area (Å²) in [6.07, 6.45) is 2.65. The van der Waals surface area contributed by atoms with Gasteiger partial charge in [-0.3, -0.25) is 9.59 Å². The molecule has 0 spiro atoms. The Labute approximate surface area is 132 Å². The lowest BCUT2D eigenvalue weighted by atomic mass is 10.1. The number of H-pyrrole nitrogens is 1. The Morgan fingerprint density at radius 3 is 3.14 bits per heavy atom. The van der Waals surface area contributed by atoms with Crippen LogP contribution in [0, 0.1) is 0 Å². The summed E-state index contributed by atoms with van der Waals surface area (Å²) in [7, 11) is 0. The van der Waals surface area contributed by atoms with Crippen molar-refractivity contribution in [2.45, 2.75) is 25.8 Å². The molecule has 1 unspecified atom stereocenters. The maximum atomic E-state index is 12.3. The third-order valence-electron chi connectivity index (χ3n) is 3.81. The van der Waals surface area contributed by atoms with Crippen molar-refractivity contribution < 1.29 is 9.59 Å². The van der Waals surface area contributed by atoms with Gasteiger partial charge in [0.2, 0.25) is 5.91 Å². The fraction of sp³-hybridized carbons (Fsp3) is 0.400. The van der Waals surface area contributed by atoms with E-state index < -0.39 is 0 Å². The standard InChI is InChI=1S/C15H18N4O2S/c1-10(20)16-6-13-7-17-14(18-13)11-2-4-19(8-11)15(21)12-3-5-22-9-12/h3,5,7,9,11H,2,4,6,8H2,1H3,(H,16,20)(H,17,18). The van der Waals surface area contributed by atoms with Gasteiger partial charge in [-0.1, -0.05) is 0 Å². The maximum absolute atomic E-state index is 12.3. The predicted molar refractivity (Wildman–Crippen MR) is 83.7 cm³/mol. The van der Waals surface area contributed by atoms with Crippen molar-refractivity contribution in [3.63, 3.8) is 0 Å². The first-order valence-electron chi connectivity index (χ1n) is 7.23. The van der Waals surface area contributed by atoms with Crippen LogP contribution < -0.4 is 5.32 Å². The zero-order valence-electron chi connectivity index (χ0n) is 12.3. The molecular weight excluding hydrogens is 300 g/mol. The molecule has 0 aliphatic carbocycles. The molecule has 0 saturated carbocycles. The van der Waals surface area contributed by atoms with Crippen molar-refractivity contribution in [3.8, 4) is 0 Å². The van der Waals surface area contributed by atoms with E-state index in [2.05, 4.69) is 15.3 Å². The second-order valence-electron chi connectivity index (χ2n) is 5.45. The Morgan fingerprint density at radius 2 is 2.41 bits per heavy atom. The van der Waals surface area contributed by atoms with Crippen molar-refractivity contribution in [1.29, 1.82) is 0 Å². The Hall–Kier alpha value is -2.15. The molecule has 1 saturated heterocycles. The molecule has 7 heteroatoms. The molecule has 2 aromatic rings. The summed E-state index contributed by atoms with van der Waals surface area (Å²) in [5.41, 5.74) is 1.64. The van der Waals surface area contributed by atoms with Gasteiger partial charge >= 0.3 is 0 Å². The number of nitrogens with zero attached hydrogens (tertiary/aromatic N) is 2. The van der Waals surface area contributed by atoms with E-state index in [1.54, 1.807) is 6.20 Å². The molecule has 0 bridgehead atoms. The first kappa shape index (κ1) is 14.8. The number of hydrogen-bond donors (Lipinski definition) is 2. The molecular formula is C15H18N4O2S. The maximum Gasteiger partial charge on any atom is 0.254 e. The van der Waals surface area contributed by atoms with E-state index in [0.29, 0.717) is 13.1 Å². The highest BCUT2D eigenvalue weighted by molar-refractivity contribution is 7.08. The Kier molecular flexibility index (Phi) is 4.24. The minimum absolute atomic E-state index is 0.0652. The number of imidazole rings is 1. The molecule has 1 atom stereocenters. The second-order valence-corrected chi connectivity index (χ2v) is 6.23. The third-order valence-corrected chi connectivity index (χ3v) is 4.49. The van der Waals surface area contributed by atoms with E-state index in [4.69, 9.17) is 0 Å². The molecule has 3 rings (SSSR count). The van der Waals surface area contributed by atoms with Gasteiger partial charge in [-0.2, -0.15) is 11.3 Å². The zero-order chi connectivity index (χ0) is 15.5. The lowest BCUT2D eigenvalue weighted by molar-refractivity contribution is -0.119. The predicted octanol–water partition coefficient (Wildman–Crippen LogP) is 1.74. The topological polar surface area (TPSA) is 78.1 Å². The average Bonchev–Trinajstić information content (AvgIpc) is 3.23. The number of aromatic amines is 1. The van der Waals surface area contributed by atoms with Crippen LogP contribution in [0.15, 0.2) is 23.0 Å². The summed E-state index contributed by atoms with van der Waals surface area (Å²) in [6.45, 7) is 3.37. The number of amides is 2. The highest BCUT2D eigenvalue weighted by Gasteiger charge is 2.29. The van der Waals surface area contributed by atoms with E-state index in [1.807, 2.05) is 21.7 Å². The fourth-order valence-electron chi connectivity index (χ4n) is 2.63. The van der Waals surface area contributed by atoms with Gasteiger partial charge in [0.25, 0.3) is 5.91 Å². The number of likely N-dealkylation sites (tertiary alicyclic amines) is 1. The van der Waals surface area contributed by atoms with Crippen LogP contribution in [0.4, 0.5) is 0 Å². The van der Waals surface area contributed by atoms with E-state index in [0.717, 1.165) is 30.0 Å². The van der Waals surface area contributed by atoms with Gasteiger partial charge in [-0.05, 0) is 17.9 Å². The lowest BCUT2D eigenvalue weighted by Gasteiger charge is -2.15. The quantitative estimate of drug-likeness (QED) is 0.901. The summed E-state index contributed by atoms with van der Waals surface area (Å²) in [5.74, 6) is 1.15. The number of nitrogens with one attached hydrogen (secondary N) is 2. The van der Waals surface area contributed by atoms with E-state index >= 15 is 0 Å². The Morgan fingerprint density at radius 1 is 1.55 bits per heavy atom. The normalized spacial score (nSPS) is 17.7. The van der Waals surface area contributed by atoms with Crippen LogP contribution in [0.25, 0.3) is 0 Å². The fourth-order valence-corrected chi connectivity index (χ4v) is 3.26. The van der Waals surface area contributed by atoms with Crippen molar-refractivity contribution in [2.24, 2.45) is 0 Å². The Balaban J connectivity index is 1.60. The van der Waals surface area contributed by atoms with Gasteiger partial charge in [0.05, 0.1) is 24.0 Å². The van der Waals surface area contributed by atoms with Gasteiger partial charge in [0.1, 0.15) is 5.82 Å². The van der Waals surface area contributed by atoms with E-state index in [1.165, 1.54) is 18.3 Å². The van der Waals surface area contributed by atoms with E-state index in [9.17, 15) is 9.59 Å². The van der Waals surface area contributed by atoms with Gasteiger partial charge in [-0.25, -0.2) is 4.98 Å². The monoisotopic (exact) mass is 318 g/mol. The van der Waals surface area contributed by atoms with Crippen LogP contribution in [0.1, 0.15) is 41.1 Å². The molecule has 6 nitrogen and oxygen atoms in total. The molecule has 116 valence electrons. The smallest absolute Gasteiger partial charge is 0.254 e. The SMILES string of the molecule is CC(=O)NCc1cnc(C2CCN(C(=O)c3ccsc3)C2)[nH]1. The first-order valence-corrected chi connectivity index (χ1v) is 8.17. The average molecular weight is 318 g/mol. The zero-order valence-corrected chi connectivity index (χ0v) is 13.2. The molecule has 0 radical (unpaired) electrons. The van der Waals surface area contributed by atoms with Crippen LogP contribution in [-0.4, -0.2) is 39.8 Å². The number of hydrogen-bond acceptors (Lipinski definition) is 4. The third kappa shape index (κ3) is 3.19. The Bertz CT molecular complexity index is 665. The number of rotatable bonds is 4. The van der Waals surface area contributed by atoms with Crippen molar-refractivity contribution in [2.75, 3.05) is 13.1 Å². The number of aromatic nitrogens is 2. The second kappa shape index (κ2) is 6.31. The summed E-state index contributed by atoms with van der Waals surface area (Å²) >= 11 is 1.53. The highest BCUT2D eigenvalue weighted by Crippen LogP contribution is 2.26. The van der Waals surface area contributed by atoms with Crippen LogP contribution in [0.3, 0.4) is 0 Å². The van der Waals surface area contributed by atoms with Crippen LogP contribution in [0.2, 0.25) is 0 Å². The molecule has 2 N–H and O–H groups in total. The van der Waals surface area contributed by atoms with Crippen molar-refractivity contribution >= 4 is 23.2 Å². The lowest BCUT2D eigenvalue weighted by Crippen LogP contribution is -2.28. The molecule has 1 aliphatic heterocycles. The number of carbonyl (C=O) groups is 2. The number of thiophene rings is 1. The summed E-state index contributed by atoms with van der Waals surface area (Å²) in [4.78, 5) is 32.8. The molecule has 3 heterocycles. The minimum Gasteiger partial charge on any atom is -0.351 e. The minimum atomic E-state index is -0.0652. The van der Waals surface area contributed by atoms with Crippen LogP contribution in [0.5, 0.6) is 0 Å². The van der Waals surface area contributed by atoms with Crippen molar-refractivity contribution in [3.05, 3.63) is 40.1 Å². The van der Waals surface area contributed by atoms with Crippen LogP contribution >= 0.6 is 11.3 Å². The first-order chi connectivity index (χ1) is 10.6. The molecule has 2 amide bonds. The summed E-state index contributed by atoms with van der Waals surface area (Å²) in [6, 6.07) is 1.86. The molecule has 2 aromatic heterocycles. The molecule has 1 fully saturated rings. The molecule has 1 aliphatic rings. The largest absolute Gasteiger partial charge is 0.351 e. The highest BCUT2D eigenvalue weighted by atomic mass is 32.1. The van der Waals surface area contributed by atoms with E-state index in [-0.39, 0.29) is 17.7 Å². The van der Waals surface area contributed by atoms with Gasteiger partial charge < -0.3 is 15.2 Å². The van der Waals surface area contributed by atoms with Gasteiger partial charge in [0, 0.05) is 31.3 Å². The van der Waals surface area contributed by atoms with Crippen molar-refractivity contribution in [1.82, 2.24) is 20.2 Å². The molecule has 0 aromatic carbocycles. The summed E-state index contributed by atoms with van der Waals surface area (Å²) < 4.78 is 0. The van der Waals surface area contributed by atoms with Gasteiger partial charge in [-0.15, -0.1) is 0 Å². The summed E-state index contributed by atoms with van der Waals surface area (Å²) in [5, 5.41) is 6.54.